The van der Waals surface area contributed by atoms with Crippen LogP contribution in [0.4, 0.5) is 5.69 Å². The maximum atomic E-state index is 12.2. The number of carbonyl (C=O) groups is 1. The Bertz CT molecular complexity index is 800. The molecule has 0 unspecified atom stereocenters. The molecular weight excluding hydrogens is 308 g/mol. The van der Waals surface area contributed by atoms with Gasteiger partial charge in [0.1, 0.15) is 15.2 Å². The van der Waals surface area contributed by atoms with Crippen LogP contribution in [0, 0.1) is 0 Å². The molecule has 0 saturated heterocycles. The van der Waals surface area contributed by atoms with Crippen LogP contribution in [0.15, 0.2) is 36.7 Å². The number of nitrogens with zero attached hydrogens (tertiary/aromatic N) is 2. The Labute approximate surface area is 129 Å². The van der Waals surface area contributed by atoms with Crippen LogP contribution in [-0.4, -0.2) is 15.9 Å². The SMILES string of the molecule is Nc1c(C(=O)NCc2ccc(Cl)cc2)sc2nccnc12. The summed E-state index contributed by atoms with van der Waals surface area (Å²) >= 11 is 7.06. The molecule has 3 N–H and O–H groups in total. The number of aromatic nitrogens is 2. The van der Waals surface area contributed by atoms with Crippen molar-refractivity contribution in [2.45, 2.75) is 6.54 Å². The van der Waals surface area contributed by atoms with E-state index in [0.29, 0.717) is 32.5 Å². The van der Waals surface area contributed by atoms with E-state index >= 15 is 0 Å². The first-order valence-corrected chi connectivity index (χ1v) is 7.36. The number of fused-ring (bicyclic) bond motifs is 1. The number of rotatable bonds is 3. The van der Waals surface area contributed by atoms with Gasteiger partial charge in [0, 0.05) is 24.0 Å². The minimum atomic E-state index is -0.229. The molecule has 0 aliphatic carbocycles. The van der Waals surface area contributed by atoms with Crippen molar-refractivity contribution in [3.63, 3.8) is 0 Å². The second-order valence-electron chi connectivity index (χ2n) is 4.36. The van der Waals surface area contributed by atoms with E-state index in [1.165, 1.54) is 11.3 Å². The summed E-state index contributed by atoms with van der Waals surface area (Å²) in [4.78, 5) is 21.6. The van der Waals surface area contributed by atoms with Crippen LogP contribution in [0.3, 0.4) is 0 Å². The van der Waals surface area contributed by atoms with Gasteiger partial charge in [0.05, 0.1) is 5.69 Å². The largest absolute Gasteiger partial charge is 0.396 e. The van der Waals surface area contributed by atoms with Crippen LogP contribution in [0.1, 0.15) is 15.2 Å². The van der Waals surface area contributed by atoms with E-state index in [4.69, 9.17) is 17.3 Å². The molecule has 0 aliphatic rings. The number of thiophene rings is 1. The van der Waals surface area contributed by atoms with Crippen molar-refractivity contribution < 1.29 is 4.79 Å². The lowest BCUT2D eigenvalue weighted by Crippen LogP contribution is -2.22. The molecule has 2 aromatic heterocycles. The Morgan fingerprint density at radius 1 is 1.24 bits per heavy atom. The highest BCUT2D eigenvalue weighted by Gasteiger charge is 2.17. The molecule has 5 nitrogen and oxygen atoms in total. The van der Waals surface area contributed by atoms with Crippen molar-refractivity contribution >= 4 is 44.9 Å². The fourth-order valence-corrected chi connectivity index (χ4v) is 2.94. The van der Waals surface area contributed by atoms with Gasteiger partial charge in [-0.15, -0.1) is 11.3 Å². The van der Waals surface area contributed by atoms with Crippen LogP contribution in [0.5, 0.6) is 0 Å². The molecule has 1 amide bonds. The zero-order chi connectivity index (χ0) is 14.8. The van der Waals surface area contributed by atoms with Gasteiger partial charge in [-0.1, -0.05) is 23.7 Å². The van der Waals surface area contributed by atoms with E-state index < -0.39 is 0 Å². The number of nitrogens with two attached hydrogens (primary N) is 1. The Morgan fingerprint density at radius 3 is 2.67 bits per heavy atom. The Kier molecular flexibility index (Phi) is 3.72. The second kappa shape index (κ2) is 5.67. The highest BCUT2D eigenvalue weighted by molar-refractivity contribution is 7.21. The van der Waals surface area contributed by atoms with Gasteiger partial charge < -0.3 is 11.1 Å². The molecule has 1 aromatic carbocycles. The molecule has 0 fully saturated rings. The average Bonchev–Trinajstić information content (AvgIpc) is 2.84. The number of benzene rings is 1. The van der Waals surface area contributed by atoms with Crippen LogP contribution < -0.4 is 11.1 Å². The normalized spacial score (nSPS) is 10.7. The number of hydrogen-bond donors (Lipinski definition) is 2. The van der Waals surface area contributed by atoms with Gasteiger partial charge in [0.25, 0.3) is 5.91 Å². The highest BCUT2D eigenvalue weighted by atomic mass is 35.5. The second-order valence-corrected chi connectivity index (χ2v) is 5.80. The number of nitrogen functional groups attached to an aromatic ring is 1. The topological polar surface area (TPSA) is 80.9 Å². The molecule has 0 spiro atoms. The van der Waals surface area contributed by atoms with Gasteiger partial charge in [-0.05, 0) is 17.7 Å². The first-order chi connectivity index (χ1) is 10.1. The van der Waals surface area contributed by atoms with Crippen LogP contribution in [0.2, 0.25) is 5.02 Å². The maximum Gasteiger partial charge on any atom is 0.263 e. The number of amides is 1. The third-order valence-corrected chi connectivity index (χ3v) is 4.29. The number of anilines is 1. The maximum absolute atomic E-state index is 12.2. The highest BCUT2D eigenvalue weighted by Crippen LogP contribution is 2.30. The number of carbonyl (C=O) groups excluding carboxylic acids is 1. The van der Waals surface area contributed by atoms with Crippen LogP contribution in [-0.2, 0) is 6.54 Å². The molecule has 0 bridgehead atoms. The fraction of sp³-hybridized carbons (Fsp3) is 0.0714. The van der Waals surface area contributed by atoms with E-state index in [9.17, 15) is 4.79 Å². The van der Waals surface area contributed by atoms with Crippen molar-refractivity contribution in [1.82, 2.24) is 15.3 Å². The lowest BCUT2D eigenvalue weighted by molar-refractivity contribution is 0.0956. The molecule has 2 heterocycles. The molecule has 3 aromatic rings. The van der Waals surface area contributed by atoms with Crippen LogP contribution >= 0.6 is 22.9 Å². The minimum absolute atomic E-state index is 0.229. The summed E-state index contributed by atoms with van der Waals surface area (Å²) in [6.45, 7) is 0.407. The smallest absolute Gasteiger partial charge is 0.263 e. The lowest BCUT2D eigenvalue weighted by Gasteiger charge is -2.04. The minimum Gasteiger partial charge on any atom is -0.396 e. The molecule has 3 rings (SSSR count). The number of nitrogens with one attached hydrogen (secondary N) is 1. The van der Waals surface area contributed by atoms with E-state index in [0.717, 1.165) is 5.56 Å². The van der Waals surface area contributed by atoms with E-state index in [2.05, 4.69) is 15.3 Å². The quantitative estimate of drug-likeness (QED) is 0.778. The van der Waals surface area contributed by atoms with E-state index in [1.807, 2.05) is 12.1 Å². The number of hydrogen-bond acceptors (Lipinski definition) is 5. The predicted molar refractivity (Wildman–Crippen MR) is 84.4 cm³/mol. The standard InChI is InChI=1S/C14H11ClN4OS/c15-9-3-1-8(2-4-9)7-19-13(20)12-10(16)11-14(21-12)18-6-5-17-11/h1-6H,7,16H2,(H,19,20). The average molecular weight is 319 g/mol. The summed E-state index contributed by atoms with van der Waals surface area (Å²) in [5.74, 6) is -0.229. The fourth-order valence-electron chi connectivity index (χ4n) is 1.88. The number of halogens is 1. The Hall–Kier alpha value is -2.18. The zero-order valence-electron chi connectivity index (χ0n) is 10.8. The monoisotopic (exact) mass is 318 g/mol. The van der Waals surface area contributed by atoms with Crippen molar-refractivity contribution in [2.24, 2.45) is 0 Å². The first-order valence-electron chi connectivity index (χ1n) is 6.17. The van der Waals surface area contributed by atoms with Gasteiger partial charge in [0.2, 0.25) is 0 Å². The molecule has 0 saturated carbocycles. The lowest BCUT2D eigenvalue weighted by atomic mass is 10.2. The van der Waals surface area contributed by atoms with Crippen molar-refractivity contribution in [3.05, 3.63) is 52.1 Å². The summed E-state index contributed by atoms with van der Waals surface area (Å²) in [5, 5.41) is 3.49. The van der Waals surface area contributed by atoms with E-state index in [1.54, 1.807) is 24.5 Å². The van der Waals surface area contributed by atoms with Gasteiger partial charge in [-0.2, -0.15) is 0 Å². The van der Waals surface area contributed by atoms with Gasteiger partial charge in [-0.3, -0.25) is 4.79 Å². The van der Waals surface area contributed by atoms with Crippen molar-refractivity contribution in [3.8, 4) is 0 Å². The summed E-state index contributed by atoms with van der Waals surface area (Å²) in [6.07, 6.45) is 3.13. The Morgan fingerprint density at radius 2 is 1.95 bits per heavy atom. The Balaban J connectivity index is 1.78. The van der Waals surface area contributed by atoms with Gasteiger partial charge >= 0.3 is 0 Å². The van der Waals surface area contributed by atoms with Crippen LogP contribution in [0.25, 0.3) is 10.3 Å². The third kappa shape index (κ3) is 2.81. The molecular formula is C14H11ClN4OS. The van der Waals surface area contributed by atoms with Crippen molar-refractivity contribution in [1.29, 1.82) is 0 Å². The predicted octanol–water partition coefficient (Wildman–Crippen LogP) is 2.86. The van der Waals surface area contributed by atoms with E-state index in [-0.39, 0.29) is 5.91 Å². The summed E-state index contributed by atoms with van der Waals surface area (Å²) in [7, 11) is 0. The van der Waals surface area contributed by atoms with Gasteiger partial charge in [-0.25, -0.2) is 9.97 Å². The zero-order valence-corrected chi connectivity index (χ0v) is 12.4. The van der Waals surface area contributed by atoms with Crippen molar-refractivity contribution in [2.75, 3.05) is 5.73 Å². The van der Waals surface area contributed by atoms with Gasteiger partial charge in [0.15, 0.2) is 0 Å². The summed E-state index contributed by atoms with van der Waals surface area (Å²) in [5.41, 5.74) is 7.86. The molecule has 0 radical (unpaired) electrons. The summed E-state index contributed by atoms with van der Waals surface area (Å²) in [6, 6.07) is 7.29. The molecule has 106 valence electrons. The summed E-state index contributed by atoms with van der Waals surface area (Å²) < 4.78 is 0. The third-order valence-electron chi connectivity index (χ3n) is 2.94. The molecule has 0 atom stereocenters. The first kappa shape index (κ1) is 13.8. The molecule has 21 heavy (non-hydrogen) atoms. The molecule has 7 heteroatoms. The molecule has 0 aliphatic heterocycles.